The summed E-state index contributed by atoms with van der Waals surface area (Å²) in [6.07, 6.45) is 3.93. The summed E-state index contributed by atoms with van der Waals surface area (Å²) in [5.74, 6) is 1.78. The Balaban J connectivity index is 1.59. The van der Waals surface area contributed by atoms with E-state index in [1.54, 1.807) is 0 Å². The van der Waals surface area contributed by atoms with Crippen molar-refractivity contribution >= 4 is 5.95 Å². The van der Waals surface area contributed by atoms with Gasteiger partial charge in [-0.3, -0.25) is 5.10 Å². The first-order chi connectivity index (χ1) is 10.2. The maximum atomic E-state index is 5.93. The van der Waals surface area contributed by atoms with Crippen molar-refractivity contribution in [2.45, 2.75) is 38.6 Å². The van der Waals surface area contributed by atoms with Crippen molar-refractivity contribution in [1.29, 1.82) is 0 Å². The molecule has 0 amide bonds. The summed E-state index contributed by atoms with van der Waals surface area (Å²) in [6, 6.07) is 8.83. The molecule has 1 aliphatic heterocycles. The molecule has 1 fully saturated rings. The van der Waals surface area contributed by atoms with Crippen molar-refractivity contribution in [2.24, 2.45) is 5.73 Å². The monoisotopic (exact) mass is 285 g/mol. The van der Waals surface area contributed by atoms with E-state index in [9.17, 15) is 0 Å². The lowest BCUT2D eigenvalue weighted by Gasteiger charge is -2.28. The van der Waals surface area contributed by atoms with Gasteiger partial charge in [-0.2, -0.15) is 4.98 Å². The van der Waals surface area contributed by atoms with E-state index in [-0.39, 0.29) is 0 Å². The standard InChI is InChI=1S/C16H23N5/c1-12-4-2-3-5-13(12)6-7-15-18-16(20-19-15)21-10-8-14(17)9-11-21/h2-5,14H,6-11,17H2,1H3,(H,18,19,20). The van der Waals surface area contributed by atoms with E-state index in [4.69, 9.17) is 5.73 Å². The molecule has 21 heavy (non-hydrogen) atoms. The normalized spacial score (nSPS) is 16.4. The average Bonchev–Trinajstić information content (AvgIpc) is 2.96. The van der Waals surface area contributed by atoms with E-state index in [0.29, 0.717) is 6.04 Å². The van der Waals surface area contributed by atoms with E-state index in [0.717, 1.165) is 50.5 Å². The molecule has 0 aliphatic carbocycles. The Morgan fingerprint density at radius 1 is 1.24 bits per heavy atom. The molecule has 0 saturated carbocycles. The van der Waals surface area contributed by atoms with Gasteiger partial charge in [0.2, 0.25) is 5.95 Å². The molecule has 0 radical (unpaired) electrons. The van der Waals surface area contributed by atoms with Gasteiger partial charge in [0.05, 0.1) is 0 Å². The zero-order valence-corrected chi connectivity index (χ0v) is 12.5. The maximum absolute atomic E-state index is 5.93. The first-order valence-electron chi connectivity index (χ1n) is 7.68. The third-order valence-electron chi connectivity index (χ3n) is 4.23. The van der Waals surface area contributed by atoms with Crippen LogP contribution >= 0.6 is 0 Å². The molecule has 0 unspecified atom stereocenters. The first kappa shape index (κ1) is 14.1. The van der Waals surface area contributed by atoms with Gasteiger partial charge in [0, 0.05) is 25.6 Å². The van der Waals surface area contributed by atoms with Crippen LogP contribution in [0.2, 0.25) is 0 Å². The third kappa shape index (κ3) is 3.42. The Morgan fingerprint density at radius 3 is 2.76 bits per heavy atom. The molecule has 3 N–H and O–H groups in total. The number of anilines is 1. The fraction of sp³-hybridized carbons (Fsp3) is 0.500. The van der Waals surface area contributed by atoms with Crippen LogP contribution in [0, 0.1) is 6.92 Å². The minimum absolute atomic E-state index is 0.334. The predicted molar refractivity (Wildman–Crippen MR) is 84.4 cm³/mol. The average molecular weight is 285 g/mol. The van der Waals surface area contributed by atoms with E-state index in [1.807, 2.05) is 0 Å². The number of hydrogen-bond acceptors (Lipinski definition) is 4. The highest BCUT2D eigenvalue weighted by atomic mass is 15.4. The molecule has 5 heteroatoms. The molecule has 5 nitrogen and oxygen atoms in total. The van der Waals surface area contributed by atoms with Gasteiger partial charge in [-0.05, 0) is 37.3 Å². The molecule has 0 atom stereocenters. The lowest BCUT2D eigenvalue weighted by atomic mass is 10.0. The van der Waals surface area contributed by atoms with Crippen LogP contribution in [0.5, 0.6) is 0 Å². The van der Waals surface area contributed by atoms with Crippen LogP contribution in [0.25, 0.3) is 0 Å². The number of hydrogen-bond donors (Lipinski definition) is 2. The Kier molecular flexibility index (Phi) is 4.20. The van der Waals surface area contributed by atoms with Crippen molar-refractivity contribution < 1.29 is 0 Å². The molecule has 1 saturated heterocycles. The number of aryl methyl sites for hydroxylation is 3. The molecule has 0 spiro atoms. The molecule has 1 aliphatic rings. The quantitative estimate of drug-likeness (QED) is 0.899. The van der Waals surface area contributed by atoms with Crippen LogP contribution in [-0.2, 0) is 12.8 Å². The van der Waals surface area contributed by atoms with Crippen molar-refractivity contribution in [1.82, 2.24) is 15.2 Å². The van der Waals surface area contributed by atoms with Gasteiger partial charge in [0.25, 0.3) is 0 Å². The second-order valence-electron chi connectivity index (χ2n) is 5.83. The minimum Gasteiger partial charge on any atom is -0.339 e. The smallest absolute Gasteiger partial charge is 0.244 e. The highest BCUT2D eigenvalue weighted by molar-refractivity contribution is 5.30. The number of H-pyrrole nitrogens is 1. The summed E-state index contributed by atoms with van der Waals surface area (Å²) in [4.78, 5) is 6.84. The molecule has 1 aromatic carbocycles. The van der Waals surface area contributed by atoms with Crippen LogP contribution in [0.15, 0.2) is 24.3 Å². The third-order valence-corrected chi connectivity index (χ3v) is 4.23. The Labute approximate surface area is 125 Å². The van der Waals surface area contributed by atoms with Gasteiger partial charge < -0.3 is 10.6 Å². The van der Waals surface area contributed by atoms with Crippen LogP contribution in [-0.4, -0.2) is 34.3 Å². The van der Waals surface area contributed by atoms with Gasteiger partial charge in [0.15, 0.2) is 0 Å². The number of piperidine rings is 1. The van der Waals surface area contributed by atoms with E-state index < -0.39 is 0 Å². The zero-order valence-electron chi connectivity index (χ0n) is 12.5. The number of rotatable bonds is 4. The number of nitrogens with one attached hydrogen (secondary N) is 1. The number of nitrogens with two attached hydrogens (primary N) is 1. The van der Waals surface area contributed by atoms with Crippen LogP contribution in [0.4, 0.5) is 5.95 Å². The second kappa shape index (κ2) is 6.26. The SMILES string of the molecule is Cc1ccccc1CCc1nc(N2CCC(N)CC2)n[nH]1. The van der Waals surface area contributed by atoms with Gasteiger partial charge >= 0.3 is 0 Å². The minimum atomic E-state index is 0.334. The highest BCUT2D eigenvalue weighted by Gasteiger charge is 2.19. The lowest BCUT2D eigenvalue weighted by Crippen LogP contribution is -2.40. The van der Waals surface area contributed by atoms with E-state index in [1.165, 1.54) is 11.1 Å². The van der Waals surface area contributed by atoms with Crippen molar-refractivity contribution in [2.75, 3.05) is 18.0 Å². The second-order valence-corrected chi connectivity index (χ2v) is 5.83. The summed E-state index contributed by atoms with van der Waals surface area (Å²) >= 11 is 0. The molecule has 1 aromatic heterocycles. The predicted octanol–water partition coefficient (Wildman–Crippen LogP) is 1.83. The molecule has 0 bridgehead atoms. The number of nitrogens with zero attached hydrogens (tertiary/aromatic N) is 3. The van der Waals surface area contributed by atoms with Gasteiger partial charge in [-0.15, -0.1) is 5.10 Å². The lowest BCUT2D eigenvalue weighted by molar-refractivity contribution is 0.496. The van der Waals surface area contributed by atoms with E-state index in [2.05, 4.69) is 51.3 Å². The molecular formula is C16H23N5. The van der Waals surface area contributed by atoms with Crippen molar-refractivity contribution in [3.63, 3.8) is 0 Å². The molecule has 2 aromatic rings. The summed E-state index contributed by atoms with van der Waals surface area (Å²) in [5.41, 5.74) is 8.64. The zero-order chi connectivity index (χ0) is 14.7. The van der Waals surface area contributed by atoms with Crippen LogP contribution in [0.3, 0.4) is 0 Å². The first-order valence-corrected chi connectivity index (χ1v) is 7.68. The topological polar surface area (TPSA) is 70.8 Å². The Morgan fingerprint density at radius 2 is 2.00 bits per heavy atom. The Hall–Kier alpha value is -1.88. The Bertz CT molecular complexity index is 584. The summed E-state index contributed by atoms with van der Waals surface area (Å²) in [6.45, 7) is 4.06. The van der Waals surface area contributed by atoms with E-state index >= 15 is 0 Å². The van der Waals surface area contributed by atoms with Gasteiger partial charge in [-0.1, -0.05) is 24.3 Å². The molecule has 3 rings (SSSR count). The number of aromatic nitrogens is 3. The van der Waals surface area contributed by atoms with Gasteiger partial charge in [-0.25, -0.2) is 0 Å². The highest BCUT2D eigenvalue weighted by Crippen LogP contribution is 2.16. The summed E-state index contributed by atoms with van der Waals surface area (Å²) < 4.78 is 0. The van der Waals surface area contributed by atoms with Gasteiger partial charge in [0.1, 0.15) is 5.82 Å². The fourth-order valence-corrected chi connectivity index (χ4v) is 2.78. The van der Waals surface area contributed by atoms with Crippen molar-refractivity contribution in [3.05, 3.63) is 41.2 Å². The van der Waals surface area contributed by atoms with Crippen LogP contribution < -0.4 is 10.6 Å². The molecular weight excluding hydrogens is 262 g/mol. The maximum Gasteiger partial charge on any atom is 0.244 e. The number of benzene rings is 1. The fourth-order valence-electron chi connectivity index (χ4n) is 2.78. The number of aromatic amines is 1. The van der Waals surface area contributed by atoms with Crippen LogP contribution in [0.1, 0.15) is 29.8 Å². The summed E-state index contributed by atoms with van der Waals surface area (Å²) in [7, 11) is 0. The largest absolute Gasteiger partial charge is 0.339 e. The summed E-state index contributed by atoms with van der Waals surface area (Å²) in [5, 5.41) is 7.42. The molecule has 112 valence electrons. The molecule has 2 heterocycles. The van der Waals surface area contributed by atoms with Crippen molar-refractivity contribution in [3.8, 4) is 0 Å².